The first-order chi connectivity index (χ1) is 16.6. The molecule has 0 spiro atoms. The number of alkyl halides is 3. The van der Waals surface area contributed by atoms with Crippen molar-refractivity contribution >= 4 is 28.9 Å². The summed E-state index contributed by atoms with van der Waals surface area (Å²) < 4.78 is 40.6. The summed E-state index contributed by atoms with van der Waals surface area (Å²) in [5.41, 5.74) is 1.76. The molecule has 0 aliphatic rings. The molecule has 0 radical (unpaired) electrons. The zero-order valence-electron chi connectivity index (χ0n) is 19.1. The maximum atomic E-state index is 13.0. The van der Waals surface area contributed by atoms with E-state index in [1.165, 1.54) is 18.5 Å². The number of hydrogen-bond donors (Lipinski definition) is 3. The van der Waals surface area contributed by atoms with E-state index >= 15 is 0 Å². The molecule has 0 unspecified atom stereocenters. The minimum atomic E-state index is -4.53. The number of hydrogen-bond acceptors (Lipinski definition) is 6. The van der Waals surface area contributed by atoms with Crippen LogP contribution in [0.4, 0.5) is 36.2 Å². The Labute approximate surface area is 199 Å². The van der Waals surface area contributed by atoms with Crippen molar-refractivity contribution in [2.45, 2.75) is 20.0 Å². The maximum Gasteiger partial charge on any atom is 0.416 e. The number of nitrogens with one attached hydrogen (secondary N) is 3. The zero-order chi connectivity index (χ0) is 25.2. The van der Waals surface area contributed by atoms with Gasteiger partial charge in [-0.1, -0.05) is 12.1 Å². The molecule has 0 bridgehead atoms. The van der Waals surface area contributed by atoms with Crippen LogP contribution in [0.15, 0.2) is 60.9 Å². The molecule has 0 saturated carbocycles. The summed E-state index contributed by atoms with van der Waals surface area (Å²) in [4.78, 5) is 21.0. The molecule has 180 valence electrons. The van der Waals surface area contributed by atoms with E-state index in [9.17, 15) is 18.0 Å². The molecule has 3 N–H and O–H groups in total. The van der Waals surface area contributed by atoms with Crippen molar-refractivity contribution in [3.8, 4) is 5.82 Å². The molecule has 35 heavy (non-hydrogen) atoms. The normalized spacial score (nSPS) is 11.3. The second-order valence-corrected chi connectivity index (χ2v) is 7.78. The highest BCUT2D eigenvalue weighted by Crippen LogP contribution is 2.30. The first-order valence-electron chi connectivity index (χ1n) is 10.6. The summed E-state index contributed by atoms with van der Waals surface area (Å²) in [6.45, 7) is 3.73. The van der Waals surface area contributed by atoms with Crippen LogP contribution in [-0.2, 0) is 6.18 Å². The van der Waals surface area contributed by atoms with E-state index in [1.807, 2.05) is 19.9 Å². The van der Waals surface area contributed by atoms with Gasteiger partial charge in [0.1, 0.15) is 18.0 Å². The van der Waals surface area contributed by atoms with E-state index in [-0.39, 0.29) is 5.56 Å². The molecule has 4 rings (SSSR count). The molecule has 8 nitrogen and oxygen atoms in total. The highest BCUT2D eigenvalue weighted by molar-refractivity contribution is 6.04. The molecule has 11 heteroatoms. The van der Waals surface area contributed by atoms with Gasteiger partial charge < -0.3 is 16.0 Å². The first kappa shape index (κ1) is 23.7. The average Bonchev–Trinajstić information content (AvgIpc) is 3.20. The van der Waals surface area contributed by atoms with Gasteiger partial charge >= 0.3 is 6.18 Å². The molecule has 2 aromatic heterocycles. The lowest BCUT2D eigenvalue weighted by atomic mass is 10.1. The Morgan fingerprint density at radius 2 is 1.80 bits per heavy atom. The average molecular weight is 481 g/mol. The highest BCUT2D eigenvalue weighted by Gasteiger charge is 2.30. The Kier molecular flexibility index (Phi) is 6.41. The Bertz CT molecular complexity index is 1380. The summed E-state index contributed by atoms with van der Waals surface area (Å²) >= 11 is 0. The highest BCUT2D eigenvalue weighted by atomic mass is 19.4. The fraction of sp³-hybridized carbons (Fsp3) is 0.167. The zero-order valence-corrected chi connectivity index (χ0v) is 19.1. The standard InChI is InChI=1S/C24H22F3N7O/c1-14-7-8-18(31-23(35)16-5-4-6-17(10-16)24(25,26)27)11-19(14)32-22-9-15(2)33-34(22)21-12-20(28-3)29-13-30-21/h4-13,32H,1-3H3,(H,31,35)(H,28,29,30). The fourth-order valence-electron chi connectivity index (χ4n) is 3.38. The van der Waals surface area contributed by atoms with Crippen LogP contribution in [0.3, 0.4) is 0 Å². The van der Waals surface area contributed by atoms with Crippen molar-refractivity contribution in [1.29, 1.82) is 0 Å². The van der Waals surface area contributed by atoms with Crippen LogP contribution >= 0.6 is 0 Å². The van der Waals surface area contributed by atoms with Gasteiger partial charge in [0.05, 0.1) is 11.3 Å². The van der Waals surface area contributed by atoms with Crippen LogP contribution in [0.2, 0.25) is 0 Å². The molecular formula is C24H22F3N7O. The van der Waals surface area contributed by atoms with Gasteiger partial charge in [-0.25, -0.2) is 9.97 Å². The Balaban J connectivity index is 1.59. The third-order valence-electron chi connectivity index (χ3n) is 5.17. The lowest BCUT2D eigenvalue weighted by Crippen LogP contribution is -2.14. The first-order valence-corrected chi connectivity index (χ1v) is 10.6. The molecule has 2 heterocycles. The summed E-state index contributed by atoms with van der Waals surface area (Å²) in [6, 6.07) is 13.0. The van der Waals surface area contributed by atoms with E-state index in [0.717, 1.165) is 23.4 Å². The predicted molar refractivity (Wildman–Crippen MR) is 127 cm³/mol. The number of benzene rings is 2. The number of halogens is 3. The van der Waals surface area contributed by atoms with Crippen LogP contribution < -0.4 is 16.0 Å². The van der Waals surface area contributed by atoms with E-state index in [2.05, 4.69) is 31.0 Å². The van der Waals surface area contributed by atoms with Crippen molar-refractivity contribution < 1.29 is 18.0 Å². The largest absolute Gasteiger partial charge is 0.416 e. The molecule has 2 aromatic carbocycles. The second kappa shape index (κ2) is 9.45. The van der Waals surface area contributed by atoms with E-state index in [0.29, 0.717) is 28.8 Å². The van der Waals surface area contributed by atoms with Gasteiger partial charge in [-0.2, -0.15) is 23.0 Å². The molecule has 1 amide bonds. The number of aromatic nitrogens is 4. The van der Waals surface area contributed by atoms with Crippen molar-refractivity contribution in [3.05, 3.63) is 83.3 Å². The lowest BCUT2D eigenvalue weighted by Gasteiger charge is -2.14. The van der Waals surface area contributed by atoms with Crippen molar-refractivity contribution in [2.24, 2.45) is 0 Å². The smallest absolute Gasteiger partial charge is 0.373 e. The van der Waals surface area contributed by atoms with Gasteiger partial charge in [0, 0.05) is 36.1 Å². The van der Waals surface area contributed by atoms with Crippen molar-refractivity contribution in [2.75, 3.05) is 23.0 Å². The van der Waals surface area contributed by atoms with Crippen LogP contribution in [0.25, 0.3) is 5.82 Å². The topological polar surface area (TPSA) is 96.8 Å². The monoisotopic (exact) mass is 481 g/mol. The molecule has 0 aliphatic heterocycles. The SMILES string of the molecule is CNc1cc(-n2nc(C)cc2Nc2cc(NC(=O)c3cccc(C(F)(F)F)c3)ccc2C)ncn1. The number of anilines is 4. The van der Waals surface area contributed by atoms with Crippen LogP contribution in [-0.4, -0.2) is 32.7 Å². The van der Waals surface area contributed by atoms with Gasteiger partial charge in [-0.05, 0) is 49.7 Å². The summed E-state index contributed by atoms with van der Waals surface area (Å²) in [6.07, 6.45) is -3.10. The predicted octanol–water partition coefficient (Wildman–Crippen LogP) is 5.34. The van der Waals surface area contributed by atoms with Crippen molar-refractivity contribution in [3.63, 3.8) is 0 Å². The summed E-state index contributed by atoms with van der Waals surface area (Å²) in [7, 11) is 1.75. The van der Waals surface area contributed by atoms with E-state index in [1.54, 1.807) is 36.0 Å². The Hall–Kier alpha value is -4.41. The Morgan fingerprint density at radius 3 is 2.54 bits per heavy atom. The minimum absolute atomic E-state index is 0.0901. The summed E-state index contributed by atoms with van der Waals surface area (Å²) in [5.74, 6) is 1.16. The number of rotatable bonds is 6. The maximum absolute atomic E-state index is 13.0. The fourth-order valence-corrected chi connectivity index (χ4v) is 3.38. The van der Waals surface area contributed by atoms with Crippen molar-refractivity contribution in [1.82, 2.24) is 19.7 Å². The number of amides is 1. The van der Waals surface area contributed by atoms with Gasteiger partial charge in [-0.3, -0.25) is 4.79 Å². The Morgan fingerprint density at radius 1 is 1.00 bits per heavy atom. The quantitative estimate of drug-likeness (QED) is 0.344. The van der Waals surface area contributed by atoms with Gasteiger partial charge in [0.15, 0.2) is 5.82 Å². The summed E-state index contributed by atoms with van der Waals surface area (Å²) in [5, 5.41) is 13.4. The van der Waals surface area contributed by atoms with Crippen LogP contribution in [0.1, 0.15) is 27.2 Å². The third-order valence-corrected chi connectivity index (χ3v) is 5.17. The van der Waals surface area contributed by atoms with Gasteiger partial charge in [0.25, 0.3) is 5.91 Å². The number of carbonyl (C=O) groups excluding carboxylic acids is 1. The number of nitrogens with zero attached hydrogens (tertiary/aromatic N) is 4. The molecule has 0 atom stereocenters. The molecule has 0 saturated heterocycles. The number of carbonyl (C=O) groups is 1. The van der Waals surface area contributed by atoms with E-state index < -0.39 is 17.6 Å². The minimum Gasteiger partial charge on any atom is -0.373 e. The molecule has 4 aromatic rings. The molecule has 0 fully saturated rings. The van der Waals surface area contributed by atoms with Crippen LogP contribution in [0.5, 0.6) is 0 Å². The second-order valence-electron chi connectivity index (χ2n) is 7.78. The lowest BCUT2D eigenvalue weighted by molar-refractivity contribution is -0.137. The molecule has 0 aliphatic carbocycles. The van der Waals surface area contributed by atoms with Gasteiger partial charge in [0.2, 0.25) is 0 Å². The molecular weight excluding hydrogens is 459 g/mol. The van der Waals surface area contributed by atoms with Gasteiger partial charge in [-0.15, -0.1) is 0 Å². The number of aryl methyl sites for hydroxylation is 2. The van der Waals surface area contributed by atoms with Crippen LogP contribution in [0, 0.1) is 13.8 Å². The third kappa shape index (κ3) is 5.40. The van der Waals surface area contributed by atoms with E-state index in [4.69, 9.17) is 0 Å².